The third kappa shape index (κ3) is 5.46. The highest BCUT2D eigenvalue weighted by Gasteiger charge is 2.19. The fourth-order valence-corrected chi connectivity index (χ4v) is 3.06. The molecule has 0 aromatic heterocycles. The number of phenolic OH excluding ortho intramolecular Hbond substituents is 1. The fraction of sp³-hybridized carbons (Fsp3) is 0.0741. The Labute approximate surface area is 186 Å². The highest BCUT2D eigenvalue weighted by atomic mass is 16.5. The van der Waals surface area contributed by atoms with Gasteiger partial charge in [0.05, 0.1) is 5.56 Å². The van der Waals surface area contributed by atoms with Crippen molar-refractivity contribution in [1.82, 2.24) is 0 Å². The Bertz CT molecular complexity index is 1160. The third-order valence-corrected chi connectivity index (χ3v) is 4.68. The van der Waals surface area contributed by atoms with Crippen molar-refractivity contribution in [3.05, 3.63) is 120 Å². The quantitative estimate of drug-likeness (QED) is 0.344. The first-order valence-electron chi connectivity index (χ1n) is 10.2. The van der Waals surface area contributed by atoms with Gasteiger partial charge in [-0.1, -0.05) is 78.9 Å². The maximum Gasteiger partial charge on any atom is 0.338 e. The van der Waals surface area contributed by atoms with Crippen molar-refractivity contribution in [2.75, 3.05) is 0 Å². The van der Waals surface area contributed by atoms with Crippen molar-refractivity contribution in [2.24, 2.45) is 0 Å². The van der Waals surface area contributed by atoms with Crippen molar-refractivity contribution < 1.29 is 24.1 Å². The van der Waals surface area contributed by atoms with Crippen molar-refractivity contribution in [2.45, 2.75) is 13.2 Å². The first-order valence-corrected chi connectivity index (χ1v) is 10.2. The van der Waals surface area contributed by atoms with Gasteiger partial charge in [0.15, 0.2) is 11.5 Å². The molecule has 0 bridgehead atoms. The summed E-state index contributed by atoms with van der Waals surface area (Å²) < 4.78 is 17.2. The molecule has 0 heterocycles. The van der Waals surface area contributed by atoms with Crippen LogP contribution in [0, 0.1) is 0 Å². The number of hydrogen-bond acceptors (Lipinski definition) is 5. The Kier molecular flexibility index (Phi) is 6.68. The summed E-state index contributed by atoms with van der Waals surface area (Å²) in [6.45, 7) is 0.372. The number of aromatic hydroxyl groups is 1. The molecule has 5 nitrogen and oxygen atoms in total. The molecule has 0 fully saturated rings. The van der Waals surface area contributed by atoms with Crippen LogP contribution in [0.4, 0.5) is 0 Å². The second-order valence-corrected chi connectivity index (χ2v) is 7.07. The molecule has 0 aliphatic carbocycles. The molecule has 0 atom stereocenters. The summed E-state index contributed by atoms with van der Waals surface area (Å²) in [5.74, 6) is 0.119. The van der Waals surface area contributed by atoms with Crippen LogP contribution >= 0.6 is 0 Å². The summed E-state index contributed by atoms with van der Waals surface area (Å²) >= 11 is 0. The molecule has 0 aliphatic heterocycles. The molecular formula is C27H22O5. The van der Waals surface area contributed by atoms with Crippen LogP contribution in [0.5, 0.6) is 23.0 Å². The van der Waals surface area contributed by atoms with Gasteiger partial charge < -0.3 is 19.3 Å². The molecule has 4 aromatic rings. The van der Waals surface area contributed by atoms with Crippen LogP contribution in [0.15, 0.2) is 103 Å². The minimum Gasteiger partial charge on any atom is -0.504 e. The minimum absolute atomic E-state index is 0.128. The van der Waals surface area contributed by atoms with E-state index in [-0.39, 0.29) is 36.0 Å². The van der Waals surface area contributed by atoms with Crippen LogP contribution in [0.25, 0.3) is 0 Å². The van der Waals surface area contributed by atoms with E-state index >= 15 is 0 Å². The van der Waals surface area contributed by atoms with Crippen molar-refractivity contribution in [1.29, 1.82) is 0 Å². The van der Waals surface area contributed by atoms with E-state index < -0.39 is 5.97 Å². The summed E-state index contributed by atoms with van der Waals surface area (Å²) in [4.78, 5) is 12.6. The first-order chi connectivity index (χ1) is 15.7. The topological polar surface area (TPSA) is 65.0 Å². The van der Waals surface area contributed by atoms with Crippen LogP contribution < -0.4 is 9.47 Å². The second kappa shape index (κ2) is 10.2. The molecular weight excluding hydrogens is 404 g/mol. The molecule has 32 heavy (non-hydrogen) atoms. The average molecular weight is 426 g/mol. The van der Waals surface area contributed by atoms with Gasteiger partial charge in [-0.25, -0.2) is 4.79 Å². The molecule has 5 heteroatoms. The third-order valence-electron chi connectivity index (χ3n) is 4.68. The lowest BCUT2D eigenvalue weighted by molar-refractivity contribution is 0.0471. The lowest BCUT2D eigenvalue weighted by Crippen LogP contribution is -2.06. The van der Waals surface area contributed by atoms with Crippen molar-refractivity contribution in [3.63, 3.8) is 0 Å². The largest absolute Gasteiger partial charge is 0.504 e. The lowest BCUT2D eigenvalue weighted by Gasteiger charge is -2.15. The van der Waals surface area contributed by atoms with Crippen LogP contribution in [-0.2, 0) is 18.0 Å². The number of ether oxygens (including phenoxy) is 3. The van der Waals surface area contributed by atoms with Crippen LogP contribution in [0.2, 0.25) is 0 Å². The Morgan fingerprint density at radius 2 is 1.28 bits per heavy atom. The number of carbonyl (C=O) groups is 1. The first kappa shape index (κ1) is 21.0. The van der Waals surface area contributed by atoms with Crippen LogP contribution in [0.3, 0.4) is 0 Å². The fourth-order valence-electron chi connectivity index (χ4n) is 3.06. The summed E-state index contributed by atoms with van der Waals surface area (Å²) in [5, 5.41) is 10.7. The standard InChI is InChI=1S/C27H22O5/c28-24-16-22(27(29)31-19-21-12-6-2-7-13-21)17-25(30-18-20-10-4-1-5-11-20)26(24)32-23-14-8-3-9-15-23/h1-17,28H,18-19H2. The second-order valence-electron chi connectivity index (χ2n) is 7.07. The lowest BCUT2D eigenvalue weighted by atomic mass is 10.1. The Hall–Kier alpha value is -4.25. The van der Waals surface area contributed by atoms with Crippen LogP contribution in [-0.4, -0.2) is 11.1 Å². The van der Waals surface area contributed by atoms with E-state index in [1.165, 1.54) is 12.1 Å². The number of carbonyl (C=O) groups excluding carboxylic acids is 1. The van der Waals surface area contributed by atoms with Gasteiger partial charge in [-0.15, -0.1) is 0 Å². The Morgan fingerprint density at radius 3 is 1.91 bits per heavy atom. The molecule has 0 unspecified atom stereocenters. The van der Waals surface area contributed by atoms with Gasteiger partial charge in [0, 0.05) is 0 Å². The molecule has 0 aliphatic rings. The molecule has 0 saturated heterocycles. The maximum atomic E-state index is 12.6. The van der Waals surface area contributed by atoms with Gasteiger partial charge in [-0.05, 0) is 35.4 Å². The van der Waals surface area contributed by atoms with Gasteiger partial charge in [0.2, 0.25) is 5.75 Å². The van der Waals surface area contributed by atoms with Crippen molar-refractivity contribution >= 4 is 5.97 Å². The molecule has 0 spiro atoms. The normalized spacial score (nSPS) is 10.4. The van der Waals surface area contributed by atoms with Gasteiger partial charge in [0.1, 0.15) is 19.0 Å². The Balaban J connectivity index is 1.58. The summed E-state index contributed by atoms with van der Waals surface area (Å²) in [5.41, 5.74) is 1.98. The predicted molar refractivity (Wildman–Crippen MR) is 121 cm³/mol. The van der Waals surface area contributed by atoms with Crippen molar-refractivity contribution in [3.8, 4) is 23.0 Å². The summed E-state index contributed by atoms with van der Waals surface area (Å²) in [7, 11) is 0. The number of esters is 1. The van der Waals surface area contributed by atoms with E-state index in [9.17, 15) is 9.90 Å². The SMILES string of the molecule is O=C(OCc1ccccc1)c1cc(O)c(Oc2ccccc2)c(OCc2ccccc2)c1. The number of hydrogen-bond donors (Lipinski definition) is 1. The number of benzene rings is 4. The van der Waals surface area contributed by atoms with Crippen LogP contribution in [0.1, 0.15) is 21.5 Å². The summed E-state index contributed by atoms with van der Waals surface area (Å²) in [6, 6.07) is 30.9. The maximum absolute atomic E-state index is 12.6. The molecule has 1 N–H and O–H groups in total. The monoisotopic (exact) mass is 426 g/mol. The Morgan fingerprint density at radius 1 is 0.719 bits per heavy atom. The molecule has 0 radical (unpaired) electrons. The number of para-hydroxylation sites is 1. The van der Waals surface area contributed by atoms with E-state index in [1.807, 2.05) is 78.9 Å². The zero-order valence-electron chi connectivity index (χ0n) is 17.3. The summed E-state index contributed by atoms with van der Waals surface area (Å²) in [6.07, 6.45) is 0. The van der Waals surface area contributed by atoms with E-state index in [2.05, 4.69) is 0 Å². The van der Waals surface area contributed by atoms with E-state index in [0.717, 1.165) is 11.1 Å². The number of rotatable bonds is 8. The van der Waals surface area contributed by atoms with Gasteiger partial charge in [-0.3, -0.25) is 0 Å². The van der Waals surface area contributed by atoms with Gasteiger partial charge >= 0.3 is 5.97 Å². The highest BCUT2D eigenvalue weighted by Crippen LogP contribution is 2.41. The van der Waals surface area contributed by atoms with E-state index in [1.54, 1.807) is 12.1 Å². The molecule has 160 valence electrons. The molecule has 0 saturated carbocycles. The molecule has 0 amide bonds. The van der Waals surface area contributed by atoms with E-state index in [0.29, 0.717) is 5.75 Å². The highest BCUT2D eigenvalue weighted by molar-refractivity contribution is 5.91. The average Bonchev–Trinajstić information content (AvgIpc) is 2.84. The van der Waals surface area contributed by atoms with Gasteiger partial charge in [-0.2, -0.15) is 0 Å². The predicted octanol–water partition coefficient (Wildman–Crippen LogP) is 6.12. The number of phenols is 1. The smallest absolute Gasteiger partial charge is 0.338 e. The zero-order valence-corrected chi connectivity index (χ0v) is 17.3. The molecule has 4 aromatic carbocycles. The van der Waals surface area contributed by atoms with E-state index in [4.69, 9.17) is 14.2 Å². The minimum atomic E-state index is -0.569. The zero-order chi connectivity index (χ0) is 22.2. The molecule has 4 rings (SSSR count). The van der Waals surface area contributed by atoms with Gasteiger partial charge in [0.25, 0.3) is 0 Å².